The van der Waals surface area contributed by atoms with Crippen molar-refractivity contribution in [1.29, 1.82) is 0 Å². The molecule has 0 aliphatic heterocycles. The molecule has 0 radical (unpaired) electrons. The molecule has 2 aromatic heterocycles. The Bertz CT molecular complexity index is 2760. The van der Waals surface area contributed by atoms with E-state index in [1.807, 2.05) is 71.1 Å². The molecule has 8 aromatic rings. The predicted octanol–water partition coefficient (Wildman–Crippen LogP) is 9.28. The van der Waals surface area contributed by atoms with E-state index < -0.39 is 5.41 Å². The first-order chi connectivity index (χ1) is 23.5. The number of benzene rings is 6. The Morgan fingerprint density at radius 2 is 1.25 bits per heavy atom. The largest absolute Gasteiger partial charge is 0.275 e. The maximum Gasteiger partial charge on any atom is 0.263 e. The highest BCUT2D eigenvalue weighted by Crippen LogP contribution is 2.64. The summed E-state index contributed by atoms with van der Waals surface area (Å²) in [6.45, 7) is 2.10. The van der Waals surface area contributed by atoms with Gasteiger partial charge in [-0.1, -0.05) is 103 Å². The fourth-order valence-corrected chi connectivity index (χ4v) is 8.86. The zero-order valence-corrected chi connectivity index (χ0v) is 26.0. The zero-order valence-electron chi connectivity index (χ0n) is 26.0. The van der Waals surface area contributed by atoms with Crippen LogP contribution in [0.25, 0.3) is 55.5 Å². The van der Waals surface area contributed by atoms with Gasteiger partial charge in [-0.25, -0.2) is 8.78 Å². The van der Waals surface area contributed by atoms with Gasteiger partial charge in [0, 0.05) is 21.6 Å². The summed E-state index contributed by atoms with van der Waals surface area (Å²) in [7, 11) is 0. The van der Waals surface area contributed by atoms with Gasteiger partial charge in [-0.3, -0.25) is 9.20 Å². The Hall–Kier alpha value is -5.87. The second kappa shape index (κ2) is 9.58. The summed E-state index contributed by atoms with van der Waals surface area (Å²) in [6, 6.07) is 40.3. The Morgan fingerprint density at radius 3 is 1.98 bits per heavy atom. The van der Waals surface area contributed by atoms with Crippen LogP contribution in [-0.2, 0) is 11.8 Å². The van der Waals surface area contributed by atoms with Crippen LogP contribution in [0.2, 0.25) is 0 Å². The molecule has 0 amide bonds. The van der Waals surface area contributed by atoms with Crippen LogP contribution >= 0.6 is 0 Å². The van der Waals surface area contributed by atoms with Crippen LogP contribution in [0.4, 0.5) is 8.78 Å². The number of hydrogen-bond donors (Lipinski definition) is 0. The van der Waals surface area contributed by atoms with Gasteiger partial charge >= 0.3 is 0 Å². The third-order valence-electron chi connectivity index (χ3n) is 10.7. The lowest BCUT2D eigenvalue weighted by Crippen LogP contribution is -2.26. The van der Waals surface area contributed by atoms with Crippen molar-refractivity contribution in [2.24, 2.45) is 0 Å². The minimum absolute atomic E-state index is 0.0771. The summed E-state index contributed by atoms with van der Waals surface area (Å²) in [5, 5.41) is 3.59. The van der Waals surface area contributed by atoms with Gasteiger partial charge in [-0.15, -0.1) is 0 Å². The molecule has 0 saturated heterocycles. The summed E-state index contributed by atoms with van der Waals surface area (Å²) in [5.41, 5.74) is 10.0. The summed E-state index contributed by atoms with van der Waals surface area (Å²) in [5.74, 6) is -0.686. The molecule has 228 valence electrons. The van der Waals surface area contributed by atoms with Gasteiger partial charge in [0.15, 0.2) is 0 Å². The maximum absolute atomic E-state index is 15.2. The highest BCUT2D eigenvalue weighted by Gasteiger charge is 2.52. The average Bonchev–Trinajstić information content (AvgIpc) is 3.69. The van der Waals surface area contributed by atoms with Gasteiger partial charge in [0.05, 0.1) is 16.4 Å². The van der Waals surface area contributed by atoms with Crippen LogP contribution in [0.5, 0.6) is 0 Å². The van der Waals surface area contributed by atoms with Crippen LogP contribution in [0.3, 0.4) is 0 Å². The Balaban J connectivity index is 1.41. The maximum atomic E-state index is 15.2. The smallest absolute Gasteiger partial charge is 0.263 e. The van der Waals surface area contributed by atoms with Crippen LogP contribution in [0, 0.1) is 18.6 Å². The van der Waals surface area contributed by atoms with Crippen molar-refractivity contribution in [2.75, 3.05) is 0 Å². The predicted molar refractivity (Wildman–Crippen MR) is 189 cm³/mol. The van der Waals surface area contributed by atoms with Crippen molar-refractivity contribution in [3.8, 4) is 22.3 Å². The number of rotatable bonds is 2. The standard InChI is InChI=1S/C44H27F2NO/c1-25-29-21-22-37-40(42(29)47-41(25)33(18-15-26-9-3-2-4-10-26)30-11-5-6-12-34(30)43(47)48)35-13-7-8-14-36(35)44(37)38-23-27(45)16-19-31(38)32-20-17-28(46)24-39(32)44/h2-14,16-24H,15H2,1H3. The second-order valence-corrected chi connectivity index (χ2v) is 13.0. The lowest BCUT2D eigenvalue weighted by Gasteiger charge is -2.30. The van der Waals surface area contributed by atoms with Crippen molar-refractivity contribution in [3.05, 3.63) is 188 Å². The fraction of sp³-hybridized carbons (Fsp3) is 0.0682. The molecule has 0 N–H and O–H groups in total. The molecule has 2 heterocycles. The van der Waals surface area contributed by atoms with Crippen LogP contribution < -0.4 is 10.8 Å². The molecule has 2 aliphatic carbocycles. The molecule has 0 saturated carbocycles. The van der Waals surface area contributed by atoms with Gasteiger partial charge in [-0.2, -0.15) is 0 Å². The molecule has 4 heteroatoms. The van der Waals surface area contributed by atoms with Gasteiger partial charge in [-0.05, 0) is 99.1 Å². The quantitative estimate of drug-likeness (QED) is 0.188. The van der Waals surface area contributed by atoms with E-state index in [4.69, 9.17) is 0 Å². The first-order valence-corrected chi connectivity index (χ1v) is 16.3. The number of pyridine rings is 1. The Kier molecular flexibility index (Phi) is 5.44. The molecule has 6 aromatic carbocycles. The first-order valence-electron chi connectivity index (χ1n) is 16.3. The van der Waals surface area contributed by atoms with Crippen molar-refractivity contribution >= 4 is 33.3 Å². The van der Waals surface area contributed by atoms with Crippen molar-refractivity contribution < 1.29 is 8.78 Å². The molecule has 2 nitrogen and oxygen atoms in total. The summed E-state index contributed by atoms with van der Waals surface area (Å²) < 4.78 is 32.4. The SMILES string of the molecule is Cc1c2ccc3c(c2n2c(=O)c4ccccc4c(=CCc4ccccc4)c12)-c1ccccc1C31c2cc(F)ccc2-c2ccc(F)cc21. The van der Waals surface area contributed by atoms with Crippen molar-refractivity contribution in [3.63, 3.8) is 0 Å². The molecule has 0 unspecified atom stereocenters. The van der Waals surface area contributed by atoms with E-state index in [2.05, 4.69) is 49.4 Å². The fourth-order valence-electron chi connectivity index (χ4n) is 8.86. The van der Waals surface area contributed by atoms with E-state index in [0.29, 0.717) is 11.8 Å². The topological polar surface area (TPSA) is 21.5 Å². The van der Waals surface area contributed by atoms with E-state index in [0.717, 1.165) is 77.1 Å². The lowest BCUT2D eigenvalue weighted by molar-refractivity contribution is 0.618. The van der Waals surface area contributed by atoms with Gasteiger partial charge in [0.1, 0.15) is 11.6 Å². The minimum Gasteiger partial charge on any atom is -0.275 e. The first kappa shape index (κ1) is 27.3. The van der Waals surface area contributed by atoms with Crippen LogP contribution in [-0.4, -0.2) is 4.40 Å². The zero-order chi connectivity index (χ0) is 32.3. The summed E-state index contributed by atoms with van der Waals surface area (Å²) in [6.07, 6.45) is 2.96. The van der Waals surface area contributed by atoms with E-state index >= 15 is 8.78 Å². The third-order valence-corrected chi connectivity index (χ3v) is 10.7. The number of aromatic nitrogens is 1. The number of halogens is 2. The molecule has 0 fully saturated rings. The highest BCUT2D eigenvalue weighted by molar-refractivity contribution is 6.09. The summed E-state index contributed by atoms with van der Waals surface area (Å²) in [4.78, 5) is 14.7. The van der Waals surface area contributed by atoms with Gasteiger partial charge in [0.2, 0.25) is 0 Å². The molecular weight excluding hydrogens is 596 g/mol. The third kappa shape index (κ3) is 3.32. The summed E-state index contributed by atoms with van der Waals surface area (Å²) >= 11 is 0. The van der Waals surface area contributed by atoms with Crippen molar-refractivity contribution in [2.45, 2.75) is 18.8 Å². The number of hydrogen-bond acceptors (Lipinski definition) is 1. The van der Waals surface area contributed by atoms with E-state index in [1.54, 1.807) is 12.1 Å². The molecule has 0 atom stereocenters. The Labute approximate surface area is 274 Å². The van der Waals surface area contributed by atoms with Crippen LogP contribution in [0.15, 0.2) is 132 Å². The second-order valence-electron chi connectivity index (χ2n) is 13.0. The molecule has 2 aliphatic rings. The van der Waals surface area contributed by atoms with E-state index in [1.165, 1.54) is 17.7 Å². The molecule has 10 rings (SSSR count). The molecular formula is C44H27F2NO. The van der Waals surface area contributed by atoms with Crippen LogP contribution in [0.1, 0.15) is 33.4 Å². The number of fused-ring (bicyclic) bond motifs is 15. The molecule has 0 bridgehead atoms. The Morgan fingerprint density at radius 1 is 0.604 bits per heavy atom. The minimum atomic E-state index is -0.949. The molecule has 1 spiro atoms. The average molecular weight is 624 g/mol. The van der Waals surface area contributed by atoms with Gasteiger partial charge < -0.3 is 0 Å². The van der Waals surface area contributed by atoms with E-state index in [-0.39, 0.29) is 17.2 Å². The van der Waals surface area contributed by atoms with E-state index in [9.17, 15) is 4.79 Å². The normalized spacial score (nSPS) is 14.2. The number of nitrogens with zero attached hydrogens (tertiary/aromatic N) is 1. The highest BCUT2D eigenvalue weighted by atomic mass is 19.1. The van der Waals surface area contributed by atoms with Crippen molar-refractivity contribution in [1.82, 2.24) is 4.40 Å². The number of aryl methyl sites for hydroxylation is 1. The molecule has 48 heavy (non-hydrogen) atoms. The lowest BCUT2D eigenvalue weighted by atomic mass is 9.70. The monoisotopic (exact) mass is 623 g/mol. The van der Waals surface area contributed by atoms with Gasteiger partial charge in [0.25, 0.3) is 5.56 Å².